The number of H-pyrrole nitrogens is 1. The summed E-state index contributed by atoms with van der Waals surface area (Å²) in [5.74, 6) is 0.146. The molecular formula is C24H19N4O2+. The smallest absolute Gasteiger partial charge is 0.257 e. The van der Waals surface area contributed by atoms with Gasteiger partial charge in [0.25, 0.3) is 5.69 Å². The average molecular weight is 395 g/mol. The van der Waals surface area contributed by atoms with Gasteiger partial charge in [0.05, 0.1) is 11.4 Å². The number of aromatic hydroxyl groups is 1. The minimum Gasteiger partial charge on any atom is -0.494 e. The predicted octanol–water partition coefficient (Wildman–Crippen LogP) is 3.45. The van der Waals surface area contributed by atoms with Crippen LogP contribution in [0.3, 0.4) is 0 Å². The number of pyridine rings is 1. The fraction of sp³-hybridized carbons (Fsp3) is 0.0417. The van der Waals surface area contributed by atoms with Gasteiger partial charge in [0.1, 0.15) is 0 Å². The first-order valence-electron chi connectivity index (χ1n) is 9.56. The van der Waals surface area contributed by atoms with Gasteiger partial charge < -0.3 is 10.1 Å². The highest BCUT2D eigenvalue weighted by molar-refractivity contribution is 5.92. The first-order valence-corrected chi connectivity index (χ1v) is 9.56. The third-order valence-corrected chi connectivity index (χ3v) is 5.13. The Morgan fingerprint density at radius 2 is 1.90 bits per heavy atom. The van der Waals surface area contributed by atoms with Crippen molar-refractivity contribution in [2.45, 2.75) is 6.92 Å². The zero-order chi connectivity index (χ0) is 20.7. The first kappa shape index (κ1) is 17.9. The maximum Gasteiger partial charge on any atom is 0.257 e. The molecule has 1 aliphatic heterocycles. The van der Waals surface area contributed by atoms with Gasteiger partial charge in [0.2, 0.25) is 6.20 Å². The number of hydrogen-bond donors (Lipinski definition) is 3. The van der Waals surface area contributed by atoms with E-state index in [-0.39, 0.29) is 5.88 Å². The minimum atomic E-state index is 0.146. The van der Waals surface area contributed by atoms with Crippen LogP contribution in [0, 0.1) is 6.92 Å². The molecule has 5 rings (SSSR count). The van der Waals surface area contributed by atoms with Crippen LogP contribution < -0.4 is 15.2 Å². The number of aryl methyl sites for hydroxylation is 1. The van der Waals surface area contributed by atoms with Crippen LogP contribution in [0.15, 0.2) is 77.1 Å². The molecule has 1 aliphatic rings. The van der Waals surface area contributed by atoms with Crippen LogP contribution in [0.1, 0.15) is 16.8 Å². The third kappa shape index (κ3) is 3.14. The first-order chi connectivity index (χ1) is 14.6. The van der Waals surface area contributed by atoms with Gasteiger partial charge in [-0.15, -0.1) is 10.2 Å². The van der Waals surface area contributed by atoms with Gasteiger partial charge in [0.15, 0.2) is 5.88 Å². The summed E-state index contributed by atoms with van der Waals surface area (Å²) in [6.07, 6.45) is 7.12. The molecule has 0 spiro atoms. The molecule has 3 N–H and O–H groups in total. The highest BCUT2D eigenvalue weighted by Gasteiger charge is 2.11. The van der Waals surface area contributed by atoms with Crippen molar-refractivity contribution in [3.05, 3.63) is 94.1 Å². The summed E-state index contributed by atoms with van der Waals surface area (Å²) in [6, 6.07) is 17.3. The third-order valence-electron chi connectivity index (χ3n) is 5.13. The molecule has 2 aromatic carbocycles. The Labute approximate surface area is 172 Å². The number of aromatic amines is 1. The second-order valence-corrected chi connectivity index (χ2v) is 7.25. The van der Waals surface area contributed by atoms with E-state index in [2.05, 4.69) is 21.3 Å². The Hall–Kier alpha value is -4.19. The van der Waals surface area contributed by atoms with E-state index in [1.54, 1.807) is 24.4 Å². The Morgan fingerprint density at radius 1 is 1.00 bits per heavy atom. The Bertz CT molecular complexity index is 1480. The summed E-state index contributed by atoms with van der Waals surface area (Å²) in [5.41, 5.74) is 4.92. The Morgan fingerprint density at radius 3 is 2.77 bits per heavy atom. The highest BCUT2D eigenvalue weighted by Crippen LogP contribution is 2.28. The second kappa shape index (κ2) is 7.00. The van der Waals surface area contributed by atoms with E-state index in [1.165, 1.54) is 0 Å². The molecule has 6 nitrogen and oxygen atoms in total. The molecule has 0 atom stereocenters. The number of nitrogens with one attached hydrogen (secondary N) is 1. The van der Waals surface area contributed by atoms with Gasteiger partial charge in [-0.2, -0.15) is 0 Å². The van der Waals surface area contributed by atoms with Crippen molar-refractivity contribution < 1.29 is 15.0 Å². The maximum absolute atomic E-state index is 10.4. The number of rotatable bonds is 3. The number of fused-ring (bicyclic) bond motifs is 2. The van der Waals surface area contributed by atoms with Crippen LogP contribution in [0.2, 0.25) is 0 Å². The molecule has 0 saturated heterocycles. The van der Waals surface area contributed by atoms with Crippen LogP contribution in [-0.2, 0) is 0 Å². The monoisotopic (exact) mass is 395 g/mol. The van der Waals surface area contributed by atoms with Crippen LogP contribution >= 0.6 is 0 Å². The number of benzene rings is 2. The fourth-order valence-electron chi connectivity index (χ4n) is 3.59. The predicted molar refractivity (Wildman–Crippen MR) is 115 cm³/mol. The maximum atomic E-state index is 10.4. The molecule has 0 bridgehead atoms. The molecule has 0 fully saturated rings. The van der Waals surface area contributed by atoms with Gasteiger partial charge in [-0.05, 0) is 54.6 Å². The van der Waals surface area contributed by atoms with Crippen molar-refractivity contribution in [3.63, 3.8) is 0 Å². The van der Waals surface area contributed by atoms with Crippen molar-refractivity contribution in [1.29, 1.82) is 0 Å². The van der Waals surface area contributed by atoms with Crippen LogP contribution in [0.25, 0.3) is 28.8 Å². The standard InChI is InChI=1S/C24H18N4O2/c1-15-5-9-21-19(12-15)20(24(29)25-21)13-16-6-8-18-22(26-27-23(18)14-16)10-7-17-4-2-3-11-28(17)30/h2-14,30H,1H3,(H,25,29)/p+1. The molecule has 4 aromatic rings. The van der Waals surface area contributed by atoms with E-state index in [0.717, 1.165) is 48.6 Å². The summed E-state index contributed by atoms with van der Waals surface area (Å²) in [6.45, 7) is 2.03. The normalized spacial score (nSPS) is 13.6. The van der Waals surface area contributed by atoms with Gasteiger partial charge >= 0.3 is 0 Å². The van der Waals surface area contributed by atoms with Crippen molar-refractivity contribution >= 4 is 34.4 Å². The molecule has 0 amide bonds. The van der Waals surface area contributed by atoms with Crippen molar-refractivity contribution in [2.75, 3.05) is 0 Å². The number of aromatic nitrogens is 2. The number of azo groups is 1. The lowest BCUT2D eigenvalue weighted by Gasteiger charge is -1.96. The molecule has 0 unspecified atom stereocenters. The number of nitrogens with zero attached hydrogens (tertiary/aromatic N) is 3. The van der Waals surface area contributed by atoms with E-state index >= 15 is 0 Å². The van der Waals surface area contributed by atoms with Crippen molar-refractivity contribution in [3.8, 4) is 5.88 Å². The summed E-state index contributed by atoms with van der Waals surface area (Å²) in [7, 11) is 0. The van der Waals surface area contributed by atoms with E-state index in [0.29, 0.717) is 5.69 Å². The molecule has 0 saturated carbocycles. The lowest BCUT2D eigenvalue weighted by Crippen LogP contribution is -2.32. The topological polar surface area (TPSA) is 84.8 Å². The van der Waals surface area contributed by atoms with E-state index in [4.69, 9.17) is 0 Å². The lowest BCUT2D eigenvalue weighted by atomic mass is 10.1. The lowest BCUT2D eigenvalue weighted by molar-refractivity contribution is -0.905. The van der Waals surface area contributed by atoms with Gasteiger partial charge in [0, 0.05) is 44.6 Å². The van der Waals surface area contributed by atoms with Gasteiger partial charge in [-0.25, -0.2) is 0 Å². The van der Waals surface area contributed by atoms with Gasteiger partial charge in [-0.3, -0.25) is 5.21 Å². The molecule has 0 radical (unpaired) electrons. The molecule has 0 aliphatic carbocycles. The zero-order valence-corrected chi connectivity index (χ0v) is 16.2. The molecule has 146 valence electrons. The zero-order valence-electron chi connectivity index (χ0n) is 16.2. The average Bonchev–Trinajstić information content (AvgIpc) is 3.28. The number of hydrogen-bond acceptors (Lipinski definition) is 4. The van der Waals surface area contributed by atoms with Crippen molar-refractivity contribution in [2.24, 2.45) is 10.2 Å². The highest BCUT2D eigenvalue weighted by atomic mass is 16.5. The van der Waals surface area contributed by atoms with E-state index in [9.17, 15) is 10.3 Å². The molecular weight excluding hydrogens is 376 g/mol. The SMILES string of the molecule is Cc1ccc2[nH]c(O)c(C=c3ccc4c(c3)N=NC=4/C=C/c3cccc[n+]3O)c2c1. The van der Waals surface area contributed by atoms with Crippen LogP contribution in [0.4, 0.5) is 5.69 Å². The van der Waals surface area contributed by atoms with Gasteiger partial charge in [-0.1, -0.05) is 17.7 Å². The largest absolute Gasteiger partial charge is 0.494 e. The Balaban J connectivity index is 1.56. The molecule has 2 aromatic heterocycles. The van der Waals surface area contributed by atoms with Crippen LogP contribution in [0.5, 0.6) is 5.88 Å². The summed E-state index contributed by atoms with van der Waals surface area (Å²) in [5, 5.41) is 31.5. The second-order valence-electron chi connectivity index (χ2n) is 7.25. The quantitative estimate of drug-likeness (QED) is 0.367. The fourth-order valence-corrected chi connectivity index (χ4v) is 3.59. The summed E-state index contributed by atoms with van der Waals surface area (Å²) in [4.78, 5) is 3.02. The molecule has 30 heavy (non-hydrogen) atoms. The van der Waals surface area contributed by atoms with Crippen molar-refractivity contribution in [1.82, 2.24) is 4.98 Å². The van der Waals surface area contributed by atoms with Crippen LogP contribution in [-0.4, -0.2) is 15.3 Å². The summed E-state index contributed by atoms with van der Waals surface area (Å²) < 4.78 is 1.05. The minimum absolute atomic E-state index is 0.146. The molecule has 3 heterocycles. The van der Waals surface area contributed by atoms with E-state index < -0.39 is 0 Å². The molecule has 6 heteroatoms. The Kier molecular flexibility index (Phi) is 4.17. The van der Waals surface area contributed by atoms with E-state index in [1.807, 2.05) is 55.5 Å². The summed E-state index contributed by atoms with van der Waals surface area (Å²) >= 11 is 0.